The molecule has 0 bridgehead atoms. The fourth-order valence-corrected chi connectivity index (χ4v) is 4.64. The topological polar surface area (TPSA) is 171 Å². The quantitative estimate of drug-likeness (QED) is 0.217. The van der Waals surface area contributed by atoms with E-state index in [0.29, 0.717) is 28.8 Å². The number of nitrogens with zero attached hydrogens (tertiary/aromatic N) is 2. The van der Waals surface area contributed by atoms with Crippen LogP contribution in [-0.4, -0.2) is 59.5 Å². The van der Waals surface area contributed by atoms with Crippen LogP contribution in [0.3, 0.4) is 0 Å². The first-order valence-electron chi connectivity index (χ1n) is 12.1. The van der Waals surface area contributed by atoms with Crippen molar-refractivity contribution < 1.29 is 29.1 Å². The van der Waals surface area contributed by atoms with Crippen LogP contribution in [-0.2, 0) is 19.2 Å². The summed E-state index contributed by atoms with van der Waals surface area (Å²) in [4.78, 5) is 68.1. The van der Waals surface area contributed by atoms with Crippen LogP contribution < -0.4 is 21.3 Å². The van der Waals surface area contributed by atoms with Crippen LogP contribution in [0.4, 0.5) is 11.4 Å². The van der Waals surface area contributed by atoms with Crippen molar-refractivity contribution >= 4 is 70.3 Å². The normalized spacial score (nSPS) is 15.2. The molecule has 0 aromatic heterocycles. The first kappa shape index (κ1) is 29.2. The Labute approximate surface area is 243 Å². The summed E-state index contributed by atoms with van der Waals surface area (Å²) < 4.78 is 0. The molecular weight excluding hydrogens is 573 g/mol. The highest BCUT2D eigenvalue weighted by molar-refractivity contribution is 6.39. The maximum atomic E-state index is 13.9. The molecule has 0 saturated heterocycles. The molecule has 1 heterocycles. The van der Waals surface area contributed by atoms with Crippen molar-refractivity contribution in [1.29, 1.82) is 0 Å². The van der Waals surface area contributed by atoms with Crippen molar-refractivity contribution in [3.8, 4) is 0 Å². The standard InChI is InChI=1S/C28H23Cl2N5O6/c29-19-10-16(11-20(30)24(19)31)27(40)34-26-28(41)35(13-22(37)32-17(14-36)12-23(38)39)21-9-5-4-8-18(21)25(33-26)15-6-2-1-3-7-15/h1-11,14,17,26H,12-13,31H2,(H,32,37)(H,34,40)(H,38,39)/t17-,26?/m0/s1. The number of amides is 3. The van der Waals surface area contributed by atoms with Gasteiger partial charge >= 0.3 is 5.97 Å². The van der Waals surface area contributed by atoms with Gasteiger partial charge in [0.25, 0.3) is 11.8 Å². The highest BCUT2D eigenvalue weighted by Crippen LogP contribution is 2.30. The van der Waals surface area contributed by atoms with E-state index in [1.807, 2.05) is 6.07 Å². The molecule has 210 valence electrons. The van der Waals surface area contributed by atoms with Gasteiger partial charge in [0, 0.05) is 16.7 Å². The lowest BCUT2D eigenvalue weighted by atomic mass is 10.0. The minimum Gasteiger partial charge on any atom is -0.481 e. The third-order valence-corrected chi connectivity index (χ3v) is 6.70. The Bertz CT molecular complexity index is 1540. The first-order valence-corrected chi connectivity index (χ1v) is 12.9. The molecule has 0 fully saturated rings. The zero-order valence-corrected chi connectivity index (χ0v) is 22.7. The molecule has 0 aliphatic carbocycles. The summed E-state index contributed by atoms with van der Waals surface area (Å²) in [5, 5.41) is 14.0. The molecule has 1 aliphatic rings. The Kier molecular flexibility index (Phi) is 9.00. The Balaban J connectivity index is 1.75. The molecule has 3 amide bonds. The highest BCUT2D eigenvalue weighted by Gasteiger charge is 2.34. The molecule has 0 spiro atoms. The lowest BCUT2D eigenvalue weighted by molar-refractivity contribution is -0.138. The monoisotopic (exact) mass is 595 g/mol. The Hall–Kier alpha value is -4.74. The maximum absolute atomic E-state index is 13.9. The van der Waals surface area contributed by atoms with Gasteiger partial charge in [-0.05, 0) is 18.2 Å². The summed E-state index contributed by atoms with van der Waals surface area (Å²) in [6.07, 6.45) is -1.84. The van der Waals surface area contributed by atoms with Gasteiger partial charge in [0.2, 0.25) is 12.1 Å². The Morgan fingerprint density at radius 1 is 1.05 bits per heavy atom. The van der Waals surface area contributed by atoms with Crippen molar-refractivity contribution in [1.82, 2.24) is 10.6 Å². The van der Waals surface area contributed by atoms with Crippen molar-refractivity contribution in [2.45, 2.75) is 18.6 Å². The summed E-state index contributed by atoms with van der Waals surface area (Å²) in [5.41, 5.74) is 7.69. The minimum atomic E-state index is -1.51. The summed E-state index contributed by atoms with van der Waals surface area (Å²) in [5.74, 6) is -3.58. The number of nitrogens with two attached hydrogens (primary N) is 1. The summed E-state index contributed by atoms with van der Waals surface area (Å²) in [6, 6.07) is 16.9. The zero-order valence-electron chi connectivity index (χ0n) is 21.2. The third-order valence-electron chi connectivity index (χ3n) is 6.07. The zero-order chi connectivity index (χ0) is 29.7. The molecule has 11 nitrogen and oxygen atoms in total. The average Bonchev–Trinajstić information content (AvgIpc) is 3.06. The number of aliphatic imine (C=N–C) groups is 1. The van der Waals surface area contributed by atoms with Crippen molar-refractivity contribution in [2.75, 3.05) is 17.2 Å². The number of nitrogens with one attached hydrogen (secondary N) is 2. The SMILES string of the molecule is Nc1c(Cl)cc(C(=O)NC2N=C(c3ccccc3)c3ccccc3N(CC(=O)N[C@H](C=O)CC(=O)O)C2=O)cc1Cl. The highest BCUT2D eigenvalue weighted by atomic mass is 35.5. The number of anilines is 2. The van der Waals surface area contributed by atoms with Gasteiger partial charge in [0.05, 0.1) is 39.6 Å². The van der Waals surface area contributed by atoms with Crippen LogP contribution in [0.25, 0.3) is 0 Å². The molecule has 13 heteroatoms. The molecule has 41 heavy (non-hydrogen) atoms. The molecule has 0 radical (unpaired) electrons. The minimum absolute atomic E-state index is 0.0204. The van der Waals surface area contributed by atoms with E-state index in [1.165, 1.54) is 12.1 Å². The van der Waals surface area contributed by atoms with Crippen LogP contribution in [0, 0.1) is 0 Å². The van der Waals surface area contributed by atoms with E-state index in [9.17, 15) is 24.0 Å². The predicted octanol–water partition coefficient (Wildman–Crippen LogP) is 2.67. The second kappa shape index (κ2) is 12.6. The largest absolute Gasteiger partial charge is 0.481 e. The number of benzene rings is 3. The van der Waals surface area contributed by atoms with Crippen molar-refractivity contribution in [2.24, 2.45) is 4.99 Å². The van der Waals surface area contributed by atoms with Gasteiger partial charge in [0.15, 0.2) is 0 Å². The molecular formula is C28H23Cl2N5O6. The van der Waals surface area contributed by atoms with Crippen molar-refractivity contribution in [3.05, 3.63) is 93.5 Å². The van der Waals surface area contributed by atoms with Gasteiger partial charge in [-0.15, -0.1) is 0 Å². The van der Waals surface area contributed by atoms with E-state index in [-0.39, 0.29) is 21.3 Å². The number of benzodiazepines with no additional fused rings is 1. The molecule has 5 N–H and O–H groups in total. The number of hydrogen-bond acceptors (Lipinski definition) is 7. The summed E-state index contributed by atoms with van der Waals surface area (Å²) >= 11 is 12.2. The van der Waals surface area contributed by atoms with Gasteiger partial charge < -0.3 is 26.3 Å². The van der Waals surface area contributed by atoms with Gasteiger partial charge in [-0.1, -0.05) is 71.7 Å². The number of carbonyl (C=O) groups excluding carboxylic acids is 4. The van der Waals surface area contributed by atoms with E-state index in [1.54, 1.807) is 48.5 Å². The van der Waals surface area contributed by atoms with Crippen LogP contribution in [0.5, 0.6) is 0 Å². The lowest BCUT2D eigenvalue weighted by Crippen LogP contribution is -2.51. The lowest BCUT2D eigenvalue weighted by Gasteiger charge is -2.25. The molecule has 4 rings (SSSR count). The van der Waals surface area contributed by atoms with Gasteiger partial charge in [-0.3, -0.25) is 24.1 Å². The van der Waals surface area contributed by atoms with Gasteiger partial charge in [-0.2, -0.15) is 0 Å². The second-order valence-corrected chi connectivity index (χ2v) is 9.74. The summed E-state index contributed by atoms with van der Waals surface area (Å²) in [7, 11) is 0. The third kappa shape index (κ3) is 6.71. The smallest absolute Gasteiger partial charge is 0.305 e. The Morgan fingerprint density at radius 3 is 2.32 bits per heavy atom. The van der Waals surface area contributed by atoms with Crippen LogP contribution in [0.2, 0.25) is 10.0 Å². The average molecular weight is 596 g/mol. The number of rotatable bonds is 9. The van der Waals surface area contributed by atoms with E-state index in [4.69, 9.17) is 34.0 Å². The Morgan fingerprint density at radius 2 is 1.68 bits per heavy atom. The number of para-hydroxylation sites is 1. The van der Waals surface area contributed by atoms with Crippen LogP contribution in [0.15, 0.2) is 71.7 Å². The van der Waals surface area contributed by atoms with Gasteiger partial charge in [-0.25, -0.2) is 4.99 Å². The molecule has 1 aliphatic heterocycles. The van der Waals surface area contributed by atoms with Crippen LogP contribution in [0.1, 0.15) is 27.9 Å². The molecule has 0 saturated carbocycles. The molecule has 2 atom stereocenters. The number of hydrogen-bond donors (Lipinski definition) is 4. The first-order chi connectivity index (χ1) is 19.6. The summed E-state index contributed by atoms with van der Waals surface area (Å²) in [6.45, 7) is -0.594. The number of carbonyl (C=O) groups is 5. The number of nitrogen functional groups attached to an aromatic ring is 1. The number of fused-ring (bicyclic) bond motifs is 1. The number of aldehydes is 1. The number of carboxylic acid groups (broad SMARTS) is 1. The van der Waals surface area contributed by atoms with Gasteiger partial charge in [0.1, 0.15) is 12.8 Å². The number of halogens is 2. The number of carboxylic acids is 1. The predicted molar refractivity (Wildman–Crippen MR) is 153 cm³/mol. The molecule has 1 unspecified atom stereocenters. The molecule has 3 aromatic carbocycles. The van der Waals surface area contributed by atoms with E-state index in [2.05, 4.69) is 15.6 Å². The fourth-order valence-electron chi connectivity index (χ4n) is 4.15. The van der Waals surface area contributed by atoms with E-state index < -0.39 is 48.9 Å². The van der Waals surface area contributed by atoms with E-state index >= 15 is 0 Å². The molecule has 3 aromatic rings. The fraction of sp³-hybridized carbons (Fsp3) is 0.143. The maximum Gasteiger partial charge on any atom is 0.305 e. The second-order valence-electron chi connectivity index (χ2n) is 8.92. The number of aliphatic carboxylic acids is 1. The van der Waals surface area contributed by atoms with E-state index in [0.717, 1.165) is 4.90 Å². The van der Waals surface area contributed by atoms with Crippen LogP contribution >= 0.6 is 23.2 Å². The van der Waals surface area contributed by atoms with Crippen molar-refractivity contribution in [3.63, 3.8) is 0 Å².